The van der Waals surface area contributed by atoms with Crippen molar-refractivity contribution in [2.24, 2.45) is 0 Å². The minimum Gasteiger partial charge on any atom is -0.326 e. The van der Waals surface area contributed by atoms with Gasteiger partial charge < -0.3 is 10.6 Å². The Balaban J connectivity index is 1.34. The van der Waals surface area contributed by atoms with Gasteiger partial charge in [-0.25, -0.2) is 4.79 Å². The molecular weight excluding hydrogens is 368 g/mol. The highest BCUT2D eigenvalue weighted by atomic mass is 16.2. The van der Waals surface area contributed by atoms with E-state index in [9.17, 15) is 14.4 Å². The molecule has 2 fully saturated rings. The van der Waals surface area contributed by atoms with E-state index in [1.54, 1.807) is 0 Å². The molecule has 7 heteroatoms. The van der Waals surface area contributed by atoms with Crippen molar-refractivity contribution in [2.45, 2.75) is 37.9 Å². The van der Waals surface area contributed by atoms with Crippen molar-refractivity contribution in [1.29, 1.82) is 0 Å². The van der Waals surface area contributed by atoms with Gasteiger partial charge in [-0.15, -0.1) is 0 Å². The lowest BCUT2D eigenvalue weighted by Gasteiger charge is -2.23. The Hall–Kier alpha value is -3.19. The average Bonchev–Trinajstić information content (AvgIpc) is 3.30. The highest BCUT2D eigenvalue weighted by Gasteiger charge is 2.31. The topological polar surface area (TPSA) is 90.5 Å². The Labute approximate surface area is 169 Å². The first-order chi connectivity index (χ1) is 14.1. The van der Waals surface area contributed by atoms with Gasteiger partial charge in [0.25, 0.3) is 5.91 Å². The van der Waals surface area contributed by atoms with Crippen LogP contribution in [0.2, 0.25) is 0 Å². The van der Waals surface area contributed by atoms with Crippen molar-refractivity contribution in [3.8, 4) is 0 Å². The average molecular weight is 392 g/mol. The van der Waals surface area contributed by atoms with Crippen LogP contribution < -0.4 is 16.0 Å². The number of hydrogen-bond acceptors (Lipinski definition) is 4. The molecule has 4 amide bonds. The molecule has 0 aliphatic carbocycles. The van der Waals surface area contributed by atoms with Crippen molar-refractivity contribution in [3.63, 3.8) is 0 Å². The van der Waals surface area contributed by atoms with E-state index in [-0.39, 0.29) is 17.9 Å². The highest BCUT2D eigenvalue weighted by molar-refractivity contribution is 6.04. The van der Waals surface area contributed by atoms with Crippen LogP contribution >= 0.6 is 0 Å². The number of carbonyl (C=O) groups excluding carboxylic acids is 3. The summed E-state index contributed by atoms with van der Waals surface area (Å²) in [5, 5.41) is 7.82. The van der Waals surface area contributed by atoms with Gasteiger partial charge in [0, 0.05) is 18.7 Å². The summed E-state index contributed by atoms with van der Waals surface area (Å²) in [6.45, 7) is 1.69. The molecule has 29 heavy (non-hydrogen) atoms. The molecule has 2 aromatic carbocycles. The van der Waals surface area contributed by atoms with Crippen LogP contribution in [-0.4, -0.2) is 41.4 Å². The summed E-state index contributed by atoms with van der Waals surface area (Å²) in [6.07, 6.45) is 2.28. The van der Waals surface area contributed by atoms with Crippen LogP contribution in [0.1, 0.15) is 24.0 Å². The van der Waals surface area contributed by atoms with E-state index in [2.05, 4.69) is 33.0 Å². The smallest absolute Gasteiger partial charge is 0.322 e. The molecule has 2 heterocycles. The number of hydrogen-bond donors (Lipinski definition) is 3. The Morgan fingerprint density at radius 2 is 1.79 bits per heavy atom. The molecule has 150 valence electrons. The van der Waals surface area contributed by atoms with E-state index in [4.69, 9.17) is 0 Å². The third-order valence-electron chi connectivity index (χ3n) is 5.41. The number of imide groups is 1. The summed E-state index contributed by atoms with van der Waals surface area (Å²) >= 11 is 0. The summed E-state index contributed by atoms with van der Waals surface area (Å²) in [6, 6.07) is 16.4. The summed E-state index contributed by atoms with van der Waals surface area (Å²) in [5.41, 5.74) is 2.85. The van der Waals surface area contributed by atoms with E-state index in [1.807, 2.05) is 42.5 Å². The monoisotopic (exact) mass is 392 g/mol. The predicted molar refractivity (Wildman–Crippen MR) is 109 cm³/mol. The maximum absolute atomic E-state index is 12.8. The van der Waals surface area contributed by atoms with E-state index in [1.165, 1.54) is 5.56 Å². The highest BCUT2D eigenvalue weighted by Crippen LogP contribution is 2.22. The van der Waals surface area contributed by atoms with Gasteiger partial charge in [0.15, 0.2) is 0 Å². The van der Waals surface area contributed by atoms with E-state index >= 15 is 0 Å². The number of benzene rings is 2. The third kappa shape index (κ3) is 4.63. The van der Waals surface area contributed by atoms with Crippen molar-refractivity contribution in [3.05, 3.63) is 65.7 Å². The second-order valence-corrected chi connectivity index (χ2v) is 7.52. The fourth-order valence-corrected chi connectivity index (χ4v) is 3.92. The van der Waals surface area contributed by atoms with E-state index < -0.39 is 12.1 Å². The van der Waals surface area contributed by atoms with Crippen molar-refractivity contribution in [2.75, 3.05) is 11.9 Å². The zero-order valence-corrected chi connectivity index (χ0v) is 16.1. The van der Waals surface area contributed by atoms with Crippen molar-refractivity contribution < 1.29 is 14.4 Å². The summed E-state index contributed by atoms with van der Waals surface area (Å²) in [4.78, 5) is 37.9. The van der Waals surface area contributed by atoms with Crippen LogP contribution in [-0.2, 0) is 22.6 Å². The second-order valence-electron chi connectivity index (χ2n) is 7.52. The Morgan fingerprint density at radius 3 is 2.48 bits per heavy atom. The van der Waals surface area contributed by atoms with Crippen molar-refractivity contribution in [1.82, 2.24) is 15.5 Å². The second kappa shape index (κ2) is 8.45. The van der Waals surface area contributed by atoms with Gasteiger partial charge in [-0.3, -0.25) is 19.8 Å². The lowest BCUT2D eigenvalue weighted by atomic mass is 10.1. The van der Waals surface area contributed by atoms with Crippen LogP contribution in [0.4, 0.5) is 10.5 Å². The Kier molecular flexibility index (Phi) is 5.57. The third-order valence-corrected chi connectivity index (χ3v) is 5.41. The SMILES string of the molecule is O=C1NC(=O)[C@H](Cc2ccc(NC(=O)[C@@H]3CCCN3Cc3ccccc3)cc2)N1. The lowest BCUT2D eigenvalue weighted by molar-refractivity contribution is -0.121. The Bertz CT molecular complexity index is 898. The molecule has 3 N–H and O–H groups in total. The fraction of sp³-hybridized carbons (Fsp3) is 0.318. The molecule has 7 nitrogen and oxygen atoms in total. The molecule has 0 bridgehead atoms. The predicted octanol–water partition coefficient (Wildman–Crippen LogP) is 2.04. The first kappa shape index (κ1) is 19.1. The molecule has 2 aromatic rings. The number of nitrogens with one attached hydrogen (secondary N) is 3. The van der Waals surface area contributed by atoms with Crippen LogP contribution in [0.3, 0.4) is 0 Å². The van der Waals surface area contributed by atoms with Gasteiger partial charge in [-0.05, 0) is 42.6 Å². The normalized spacial score (nSPS) is 21.7. The molecule has 0 unspecified atom stereocenters. The minimum atomic E-state index is -0.548. The molecule has 0 aromatic heterocycles. The van der Waals surface area contributed by atoms with Gasteiger partial charge >= 0.3 is 6.03 Å². The molecule has 2 aliphatic rings. The minimum absolute atomic E-state index is 0.00798. The van der Waals surface area contributed by atoms with Gasteiger partial charge in [-0.2, -0.15) is 0 Å². The number of amides is 4. The molecule has 4 rings (SSSR count). The standard InChI is InChI=1S/C22H24N4O3/c27-20-18(24-22(29)25-20)13-15-8-10-17(11-9-15)23-21(28)19-7-4-12-26(19)14-16-5-2-1-3-6-16/h1-3,5-6,8-11,18-19H,4,7,12-14H2,(H,23,28)(H2,24,25,27,29)/t18-,19-/m0/s1. The van der Waals surface area contributed by atoms with Crippen molar-refractivity contribution >= 4 is 23.5 Å². The van der Waals surface area contributed by atoms with Gasteiger partial charge in [0.05, 0.1) is 6.04 Å². The van der Waals surface area contributed by atoms with Gasteiger partial charge in [0.1, 0.15) is 6.04 Å². The molecule has 2 atom stereocenters. The van der Waals surface area contributed by atoms with Crippen LogP contribution in [0.15, 0.2) is 54.6 Å². The maximum Gasteiger partial charge on any atom is 0.322 e. The quantitative estimate of drug-likeness (QED) is 0.656. The number of carbonyl (C=O) groups is 3. The summed E-state index contributed by atoms with van der Waals surface area (Å²) in [7, 11) is 0. The molecule has 0 saturated carbocycles. The van der Waals surface area contributed by atoms with Gasteiger partial charge in [-0.1, -0.05) is 42.5 Å². The lowest BCUT2D eigenvalue weighted by Crippen LogP contribution is -2.39. The molecule has 0 spiro atoms. The number of nitrogens with zero attached hydrogens (tertiary/aromatic N) is 1. The van der Waals surface area contributed by atoms with Crippen LogP contribution in [0.5, 0.6) is 0 Å². The first-order valence-electron chi connectivity index (χ1n) is 9.87. The largest absolute Gasteiger partial charge is 0.326 e. The molecule has 2 saturated heterocycles. The van der Waals surface area contributed by atoms with Crippen LogP contribution in [0.25, 0.3) is 0 Å². The van der Waals surface area contributed by atoms with E-state index in [0.29, 0.717) is 6.42 Å². The van der Waals surface area contributed by atoms with Gasteiger partial charge in [0.2, 0.25) is 5.91 Å². The first-order valence-corrected chi connectivity index (χ1v) is 9.87. The zero-order valence-electron chi connectivity index (χ0n) is 16.1. The molecular formula is C22H24N4O3. The molecule has 0 radical (unpaired) electrons. The summed E-state index contributed by atoms with van der Waals surface area (Å²) in [5.74, 6) is -0.305. The number of urea groups is 1. The number of rotatable bonds is 6. The number of anilines is 1. The van der Waals surface area contributed by atoms with E-state index in [0.717, 1.165) is 37.2 Å². The zero-order chi connectivity index (χ0) is 20.2. The molecule has 2 aliphatic heterocycles. The fourth-order valence-electron chi connectivity index (χ4n) is 3.92. The maximum atomic E-state index is 12.8. The number of likely N-dealkylation sites (tertiary alicyclic amines) is 1. The summed E-state index contributed by atoms with van der Waals surface area (Å²) < 4.78 is 0. The Morgan fingerprint density at radius 1 is 1.03 bits per heavy atom. The van der Waals surface area contributed by atoms with Crippen LogP contribution in [0, 0.1) is 0 Å².